The van der Waals surface area contributed by atoms with Gasteiger partial charge in [-0.3, -0.25) is 4.79 Å². The standard InChI is InChI=1S/C12H8N2O3S/c15-7-3-4-9-8(6-7)11(16)14(12(17)13-9)10-2-1-5-18-10/h1-6,15H,(H,13,17). The van der Waals surface area contributed by atoms with Gasteiger partial charge in [0.15, 0.2) is 0 Å². The number of rotatable bonds is 1. The van der Waals surface area contributed by atoms with Gasteiger partial charge < -0.3 is 10.1 Å². The highest BCUT2D eigenvalue weighted by atomic mass is 32.1. The number of phenolic OH excluding ortho intramolecular Hbond substituents is 1. The van der Waals surface area contributed by atoms with E-state index in [1.807, 2.05) is 0 Å². The molecule has 0 unspecified atom stereocenters. The Kier molecular flexibility index (Phi) is 2.31. The summed E-state index contributed by atoms with van der Waals surface area (Å²) >= 11 is 1.30. The molecule has 3 aromatic rings. The Morgan fingerprint density at radius 1 is 1.22 bits per heavy atom. The van der Waals surface area contributed by atoms with E-state index >= 15 is 0 Å². The Hall–Kier alpha value is -2.34. The van der Waals surface area contributed by atoms with Crippen molar-refractivity contribution in [3.8, 4) is 10.8 Å². The predicted molar refractivity (Wildman–Crippen MR) is 69.7 cm³/mol. The van der Waals surface area contributed by atoms with Crippen molar-refractivity contribution >= 4 is 22.2 Å². The van der Waals surface area contributed by atoms with Gasteiger partial charge in [-0.25, -0.2) is 9.36 Å². The van der Waals surface area contributed by atoms with Crippen molar-refractivity contribution in [1.82, 2.24) is 9.55 Å². The Morgan fingerprint density at radius 2 is 2.06 bits per heavy atom. The molecule has 0 aliphatic rings. The van der Waals surface area contributed by atoms with Crippen LogP contribution in [0.4, 0.5) is 0 Å². The molecule has 90 valence electrons. The highest BCUT2D eigenvalue weighted by Crippen LogP contribution is 2.16. The highest BCUT2D eigenvalue weighted by molar-refractivity contribution is 7.12. The summed E-state index contributed by atoms with van der Waals surface area (Å²) in [6.45, 7) is 0. The van der Waals surface area contributed by atoms with Crippen molar-refractivity contribution < 1.29 is 5.11 Å². The summed E-state index contributed by atoms with van der Waals surface area (Å²) in [5.74, 6) is -0.00983. The highest BCUT2D eigenvalue weighted by Gasteiger charge is 2.10. The van der Waals surface area contributed by atoms with Gasteiger partial charge >= 0.3 is 5.69 Å². The minimum Gasteiger partial charge on any atom is -0.508 e. The summed E-state index contributed by atoms with van der Waals surface area (Å²) < 4.78 is 1.06. The number of nitrogens with one attached hydrogen (secondary N) is 1. The molecule has 0 saturated carbocycles. The summed E-state index contributed by atoms with van der Waals surface area (Å²) in [4.78, 5) is 26.7. The summed E-state index contributed by atoms with van der Waals surface area (Å²) in [6, 6.07) is 7.73. The van der Waals surface area contributed by atoms with Crippen LogP contribution in [0.1, 0.15) is 0 Å². The van der Waals surface area contributed by atoms with E-state index < -0.39 is 11.2 Å². The number of phenols is 1. The SMILES string of the molecule is O=c1[nH]c2ccc(O)cc2c(=O)n1-c1cccs1. The number of benzene rings is 1. The van der Waals surface area contributed by atoms with Gasteiger partial charge in [-0.05, 0) is 35.7 Å². The third-order valence-corrected chi connectivity index (χ3v) is 3.46. The van der Waals surface area contributed by atoms with E-state index in [0.717, 1.165) is 4.57 Å². The molecular weight excluding hydrogens is 252 g/mol. The van der Waals surface area contributed by atoms with Gasteiger partial charge in [0.1, 0.15) is 10.8 Å². The molecule has 3 rings (SSSR count). The van der Waals surface area contributed by atoms with Gasteiger partial charge in [-0.2, -0.15) is 0 Å². The fraction of sp³-hybridized carbons (Fsp3) is 0. The first-order valence-corrected chi connectivity index (χ1v) is 6.07. The molecule has 0 atom stereocenters. The zero-order valence-electron chi connectivity index (χ0n) is 9.08. The van der Waals surface area contributed by atoms with Crippen LogP contribution in [0, 0.1) is 0 Å². The maximum atomic E-state index is 12.2. The molecule has 0 aliphatic heterocycles. The second kappa shape index (κ2) is 3.85. The molecule has 0 radical (unpaired) electrons. The first-order chi connectivity index (χ1) is 8.66. The maximum absolute atomic E-state index is 12.2. The van der Waals surface area contributed by atoms with E-state index in [2.05, 4.69) is 4.98 Å². The first kappa shape index (κ1) is 10.8. The van der Waals surface area contributed by atoms with E-state index in [4.69, 9.17) is 0 Å². The minimum atomic E-state index is -0.486. The van der Waals surface area contributed by atoms with Crippen molar-refractivity contribution in [1.29, 1.82) is 0 Å². The molecule has 1 aromatic carbocycles. The molecule has 0 saturated heterocycles. The largest absolute Gasteiger partial charge is 0.508 e. The van der Waals surface area contributed by atoms with Gasteiger partial charge in [0.05, 0.1) is 10.9 Å². The van der Waals surface area contributed by atoms with E-state index in [-0.39, 0.29) is 11.1 Å². The monoisotopic (exact) mass is 260 g/mol. The lowest BCUT2D eigenvalue weighted by atomic mass is 10.2. The van der Waals surface area contributed by atoms with E-state index in [9.17, 15) is 14.7 Å². The van der Waals surface area contributed by atoms with Crippen molar-refractivity contribution in [2.24, 2.45) is 0 Å². The fourth-order valence-electron chi connectivity index (χ4n) is 1.80. The van der Waals surface area contributed by atoms with Crippen molar-refractivity contribution in [2.75, 3.05) is 0 Å². The Bertz CT molecular complexity index is 831. The number of aromatic hydroxyl groups is 1. The second-order valence-corrected chi connectivity index (χ2v) is 4.68. The number of aromatic nitrogens is 2. The predicted octanol–water partition coefficient (Wildman–Crippen LogP) is 1.45. The van der Waals surface area contributed by atoms with Crippen LogP contribution in [-0.4, -0.2) is 14.7 Å². The topological polar surface area (TPSA) is 75.1 Å². The molecular formula is C12H8N2O3S. The number of hydrogen-bond acceptors (Lipinski definition) is 4. The Balaban J connectivity index is 2.48. The van der Waals surface area contributed by atoms with Gasteiger partial charge in [-0.1, -0.05) is 0 Å². The molecule has 0 aliphatic carbocycles. The van der Waals surface area contributed by atoms with Crippen molar-refractivity contribution in [2.45, 2.75) is 0 Å². The van der Waals surface area contributed by atoms with Crippen molar-refractivity contribution in [3.05, 3.63) is 56.5 Å². The molecule has 2 N–H and O–H groups in total. The average Bonchev–Trinajstić information content (AvgIpc) is 2.84. The second-order valence-electron chi connectivity index (χ2n) is 3.75. The van der Waals surface area contributed by atoms with Crippen LogP contribution < -0.4 is 11.2 Å². The number of H-pyrrole nitrogens is 1. The molecule has 18 heavy (non-hydrogen) atoms. The third kappa shape index (κ3) is 1.54. The molecule has 2 heterocycles. The fourth-order valence-corrected chi connectivity index (χ4v) is 2.52. The molecule has 0 spiro atoms. The van der Waals surface area contributed by atoms with Crippen molar-refractivity contribution in [3.63, 3.8) is 0 Å². The van der Waals surface area contributed by atoms with Crippen LogP contribution in [-0.2, 0) is 0 Å². The van der Waals surface area contributed by atoms with Gasteiger partial charge in [0.2, 0.25) is 0 Å². The zero-order chi connectivity index (χ0) is 12.7. The van der Waals surface area contributed by atoms with Gasteiger partial charge in [0.25, 0.3) is 5.56 Å². The van der Waals surface area contributed by atoms with Gasteiger partial charge in [-0.15, -0.1) is 11.3 Å². The van der Waals surface area contributed by atoms with Crippen LogP contribution in [0.15, 0.2) is 45.3 Å². The maximum Gasteiger partial charge on any atom is 0.334 e. The first-order valence-electron chi connectivity index (χ1n) is 5.19. The molecule has 0 fully saturated rings. The number of fused-ring (bicyclic) bond motifs is 1. The van der Waals surface area contributed by atoms with E-state index in [1.54, 1.807) is 17.5 Å². The van der Waals surface area contributed by atoms with E-state index in [1.165, 1.54) is 29.5 Å². The summed E-state index contributed by atoms with van der Waals surface area (Å²) in [5.41, 5.74) is -0.511. The third-order valence-electron chi connectivity index (χ3n) is 2.61. The Morgan fingerprint density at radius 3 is 2.78 bits per heavy atom. The average molecular weight is 260 g/mol. The smallest absolute Gasteiger partial charge is 0.334 e. The molecule has 2 aromatic heterocycles. The molecule has 5 nitrogen and oxygen atoms in total. The Labute approximate surface area is 105 Å². The number of thiophene rings is 1. The lowest BCUT2D eigenvalue weighted by molar-refractivity contribution is 0.476. The van der Waals surface area contributed by atoms with Gasteiger partial charge in [0, 0.05) is 0 Å². The number of nitrogens with zero attached hydrogens (tertiary/aromatic N) is 1. The quantitative estimate of drug-likeness (QED) is 0.695. The summed E-state index contributed by atoms with van der Waals surface area (Å²) in [6.07, 6.45) is 0. The number of aromatic amines is 1. The molecule has 0 bridgehead atoms. The van der Waals surface area contributed by atoms with Crippen LogP contribution in [0.2, 0.25) is 0 Å². The lowest BCUT2D eigenvalue weighted by Gasteiger charge is -2.03. The minimum absolute atomic E-state index is 0.00983. The van der Waals surface area contributed by atoms with Crippen LogP contribution in [0.3, 0.4) is 0 Å². The number of hydrogen-bond donors (Lipinski definition) is 2. The van der Waals surface area contributed by atoms with Crippen LogP contribution in [0.25, 0.3) is 15.9 Å². The normalized spacial score (nSPS) is 10.9. The summed E-state index contributed by atoms with van der Waals surface area (Å²) in [5, 5.41) is 12.0. The summed E-state index contributed by atoms with van der Waals surface area (Å²) in [7, 11) is 0. The van der Waals surface area contributed by atoms with Crippen LogP contribution >= 0.6 is 11.3 Å². The van der Waals surface area contributed by atoms with E-state index in [0.29, 0.717) is 10.5 Å². The zero-order valence-corrected chi connectivity index (χ0v) is 9.90. The lowest BCUT2D eigenvalue weighted by Crippen LogP contribution is -2.32. The molecule has 6 heteroatoms. The molecule has 0 amide bonds. The van der Waals surface area contributed by atoms with Crippen LogP contribution in [0.5, 0.6) is 5.75 Å².